The Morgan fingerprint density at radius 3 is 1.32 bits per heavy atom. The number of nitrogens with zero attached hydrogens (tertiary/aromatic N) is 8. The van der Waals surface area contributed by atoms with E-state index >= 15 is 0 Å². The van der Waals surface area contributed by atoms with Crippen LogP contribution in [0, 0.1) is 0 Å². The van der Waals surface area contributed by atoms with Crippen LogP contribution in [0.4, 0.5) is 14.1 Å². The molecule has 0 aromatic heterocycles. The molecule has 19 heteroatoms. The molecule has 8 atom stereocenters. The first-order chi connectivity index (χ1) is 38.8. The molecule has 2 aromatic rings. The fourth-order valence-corrected chi connectivity index (χ4v) is 15.9. The monoisotopic (exact) mass is 1150 g/mol. The quantitative estimate of drug-likeness (QED) is 0.00986. The molecule has 2 saturated heterocycles. The maximum Gasteiger partial charge on any atom is 0.410 e. The van der Waals surface area contributed by atoms with E-state index in [0.717, 1.165) is 0 Å². The van der Waals surface area contributed by atoms with E-state index in [-0.39, 0.29) is 23.2 Å². The Hall–Kier alpha value is -4.97. The number of carbonyl (C=O) groups excluding carboxylic acids is 2. The zero-order valence-electron chi connectivity index (χ0n) is 52.0. The number of cyclic esters (lactones) is 2. The number of halogens is 1. The first-order valence-electron chi connectivity index (χ1n) is 30.2. The fraction of sp³-hybridized carbons (Fsp3) is 0.710. The third-order valence-corrected chi connectivity index (χ3v) is 20.3. The number of nitrogens with two attached hydrogens (primary N) is 3. The van der Waals surface area contributed by atoms with Crippen LogP contribution < -0.4 is 27.8 Å². The Labute approximate surface area is 489 Å². The molecule has 2 fully saturated rings. The van der Waals surface area contributed by atoms with E-state index in [4.69, 9.17) is 40.9 Å². The molecule has 0 spiro atoms. The molecule has 0 unspecified atom stereocenters. The van der Waals surface area contributed by atoms with Gasteiger partial charge in [0.15, 0.2) is 11.2 Å². The maximum atomic E-state index is 13.4. The third-order valence-electron chi connectivity index (χ3n) is 15.3. The number of amides is 2. The molecule has 2 aliphatic heterocycles. The first-order valence-corrected chi connectivity index (χ1v) is 32.1. The summed E-state index contributed by atoms with van der Waals surface area (Å²) in [6.45, 7) is 32.6. The molecule has 0 saturated carbocycles. The molecule has 0 aliphatic carbocycles. The van der Waals surface area contributed by atoms with E-state index in [9.17, 15) is 14.7 Å². The number of unbranched alkanes of at least 4 members (excludes halogenated alkanes) is 12. The number of azide groups is 2. The van der Waals surface area contributed by atoms with Gasteiger partial charge in [-0.15, -0.1) is 17.6 Å². The zero-order chi connectivity index (χ0) is 61.3. The minimum atomic E-state index is -2.93. The number of hydrogen-bond donors (Lipinski definition) is 4. The summed E-state index contributed by atoms with van der Waals surface area (Å²) in [6.07, 6.45) is 23.2. The van der Waals surface area contributed by atoms with E-state index in [0.29, 0.717) is 77.5 Å². The average molecular weight is 1150 g/mol. The van der Waals surface area contributed by atoms with Crippen LogP contribution in [0.25, 0.3) is 20.9 Å². The van der Waals surface area contributed by atoms with Crippen LogP contribution in [0.1, 0.15) is 205 Å². The SMILES string of the molecule is C=CC[C@@H](N)[C@H]1N(CCCCN=[N+]=[N-])C(=O)O[C@]1(C)[C@@H](CC)O[Si](c1ccccc1)(c1ccccc1)C(C)(C)C.C=CC[C@@H](N)[C@H]1N(CCCCN=[N+]=[N-])C(=O)O[C@]1(C)[C@H](O)CC.CCCCCCCC.CCCCCCCC.NF. The van der Waals surface area contributed by atoms with Crippen LogP contribution in [0.3, 0.4) is 0 Å². The largest absolute Gasteiger partial charge is 0.438 e. The van der Waals surface area contributed by atoms with Gasteiger partial charge in [0, 0.05) is 48.1 Å². The predicted molar refractivity (Wildman–Crippen MR) is 335 cm³/mol. The summed E-state index contributed by atoms with van der Waals surface area (Å²) < 4.78 is 28.3. The van der Waals surface area contributed by atoms with E-state index in [1.807, 2.05) is 26.0 Å². The van der Waals surface area contributed by atoms with Crippen LogP contribution in [-0.2, 0) is 13.9 Å². The van der Waals surface area contributed by atoms with Crippen molar-refractivity contribution in [2.24, 2.45) is 27.7 Å². The second-order valence-electron chi connectivity index (χ2n) is 22.5. The van der Waals surface area contributed by atoms with Crippen molar-refractivity contribution in [2.75, 3.05) is 26.2 Å². The number of aliphatic hydroxyl groups excluding tert-OH is 1. The van der Waals surface area contributed by atoms with Crippen molar-refractivity contribution in [3.05, 3.63) is 107 Å². The van der Waals surface area contributed by atoms with Gasteiger partial charge in [-0.25, -0.2) is 9.59 Å². The molecule has 4 rings (SSSR count). The second-order valence-corrected chi connectivity index (χ2v) is 26.8. The average Bonchev–Trinajstić information content (AvgIpc) is 3.89. The standard InChI is InChI=1S/C31H45N5O3Si.C15H27N5O3.2C8H18.FH2N/c1-7-17-26(32)28-31(6,38-29(37)36(28)23-16-15-22-34-35-33)27(8-2)39-40(30(3,4)5,24-18-11-9-12-19-24)25-20-13-10-14-21-25;1-4-8-11(16)13-15(3,12(21)5-2)23-14(22)20(13)10-7-6-9-18-19-17;2*1-3-5-7-8-6-4-2;1-2/h7,9-14,18-21,26-28H,1,8,15-17,22-23,32H2,2-6H3;4,11-13,21H,1,5-10,16H2,2-3H3;2*3-8H2,1-2H3;2H2/t26-,27-,28-,31-;11-,12-,13-,15-;;;/m11.../s1. The van der Waals surface area contributed by atoms with Gasteiger partial charge < -0.3 is 30.5 Å². The Bertz CT molecular complexity index is 2030. The number of hydrogen-bond acceptors (Lipinski definition) is 11. The van der Waals surface area contributed by atoms with Crippen LogP contribution in [-0.4, -0.2) is 109 Å². The van der Waals surface area contributed by atoms with Gasteiger partial charge in [0.1, 0.15) is 0 Å². The molecular weight excluding hydrogens is 1040 g/mol. The Balaban J connectivity index is 0.00000130. The summed E-state index contributed by atoms with van der Waals surface area (Å²) in [7, 11) is -2.93. The van der Waals surface area contributed by atoms with E-state index in [2.05, 4.69) is 143 Å². The Morgan fingerprint density at radius 2 is 1.01 bits per heavy atom. The van der Waals surface area contributed by atoms with Gasteiger partial charge in [-0.1, -0.05) is 222 Å². The smallest absolute Gasteiger partial charge is 0.410 e. The number of rotatable bonds is 34. The number of carbonyl (C=O) groups is 2. The number of benzene rings is 2. The second kappa shape index (κ2) is 42.8. The highest BCUT2D eigenvalue weighted by Crippen LogP contribution is 2.44. The van der Waals surface area contributed by atoms with E-state index in [1.165, 1.54) is 87.4 Å². The Morgan fingerprint density at radius 1 is 0.654 bits per heavy atom. The summed E-state index contributed by atoms with van der Waals surface area (Å²) >= 11 is 0. The van der Waals surface area contributed by atoms with Gasteiger partial charge in [-0.2, -0.15) is 5.96 Å². The van der Waals surface area contributed by atoms with Crippen LogP contribution in [0.15, 0.2) is 96.2 Å². The van der Waals surface area contributed by atoms with Gasteiger partial charge in [0.25, 0.3) is 8.32 Å². The van der Waals surface area contributed by atoms with Crippen molar-refractivity contribution >= 4 is 30.9 Å². The van der Waals surface area contributed by atoms with Crippen LogP contribution >= 0.6 is 0 Å². The summed E-state index contributed by atoms with van der Waals surface area (Å²) in [5, 5.41) is 19.5. The van der Waals surface area contributed by atoms with Crippen molar-refractivity contribution in [3.63, 3.8) is 0 Å². The molecule has 2 amide bonds. The third kappa shape index (κ3) is 24.0. The highest BCUT2D eigenvalue weighted by Gasteiger charge is 2.61. The predicted octanol–water partition coefficient (Wildman–Crippen LogP) is 14.8. The van der Waals surface area contributed by atoms with Gasteiger partial charge in [0.05, 0.1) is 24.3 Å². The van der Waals surface area contributed by atoms with Gasteiger partial charge in [-0.05, 0) is 91.7 Å². The summed E-state index contributed by atoms with van der Waals surface area (Å²) in [5.41, 5.74) is 27.9. The van der Waals surface area contributed by atoms with Crippen molar-refractivity contribution in [1.29, 1.82) is 0 Å². The summed E-state index contributed by atoms with van der Waals surface area (Å²) in [5.74, 6) is 3.00. The van der Waals surface area contributed by atoms with Gasteiger partial charge in [0.2, 0.25) is 0 Å². The molecule has 7 N–H and O–H groups in total. The maximum absolute atomic E-state index is 13.4. The van der Waals surface area contributed by atoms with Crippen LogP contribution in [0.2, 0.25) is 5.04 Å². The molecule has 81 heavy (non-hydrogen) atoms. The van der Waals surface area contributed by atoms with Gasteiger partial charge >= 0.3 is 12.2 Å². The molecule has 2 aromatic carbocycles. The fourth-order valence-electron chi connectivity index (χ4n) is 11.0. The molecule has 2 heterocycles. The lowest BCUT2D eigenvalue weighted by atomic mass is 9.83. The Kier molecular flexibility index (Phi) is 40.2. The lowest BCUT2D eigenvalue weighted by Crippen LogP contribution is -2.70. The van der Waals surface area contributed by atoms with E-state index < -0.39 is 49.9 Å². The van der Waals surface area contributed by atoms with Crippen LogP contribution in [0.5, 0.6) is 0 Å². The normalized spacial score (nSPS) is 19.8. The molecular formula is C62H110FN11O6Si. The van der Waals surface area contributed by atoms with Crippen molar-refractivity contribution in [1.82, 2.24) is 9.80 Å². The minimum Gasteiger partial charge on any atom is -0.438 e. The highest BCUT2D eigenvalue weighted by molar-refractivity contribution is 6.99. The topological polar surface area (TPSA) is 264 Å². The molecule has 2 aliphatic rings. The number of aliphatic hydroxyl groups is 1. The van der Waals surface area contributed by atoms with Gasteiger partial charge in [-0.3, -0.25) is 9.80 Å². The molecule has 0 bridgehead atoms. The minimum absolute atomic E-state index is 0.234. The molecule has 460 valence electrons. The lowest BCUT2D eigenvalue weighted by Gasteiger charge is -2.49. The zero-order valence-corrected chi connectivity index (χ0v) is 53.0. The molecule has 17 nitrogen and oxygen atoms in total. The summed E-state index contributed by atoms with van der Waals surface area (Å²) in [6, 6.07) is 19.4. The van der Waals surface area contributed by atoms with E-state index in [1.54, 1.807) is 28.9 Å². The highest BCUT2D eigenvalue weighted by atomic mass is 28.4. The number of ether oxygens (including phenoxy) is 2. The first kappa shape index (κ1) is 76.0. The molecule has 0 radical (unpaired) electrons. The van der Waals surface area contributed by atoms with Crippen molar-refractivity contribution < 1.29 is 33.1 Å². The lowest BCUT2D eigenvalue weighted by molar-refractivity contribution is -0.0653. The van der Waals surface area contributed by atoms with Crippen molar-refractivity contribution in [3.8, 4) is 0 Å². The van der Waals surface area contributed by atoms with Crippen molar-refractivity contribution in [2.45, 2.75) is 257 Å². The summed E-state index contributed by atoms with van der Waals surface area (Å²) in [4.78, 5) is 34.6.